The highest BCUT2D eigenvalue weighted by molar-refractivity contribution is 9.10. The number of rotatable bonds is 5. The highest BCUT2D eigenvalue weighted by Gasteiger charge is 2.08. The van der Waals surface area contributed by atoms with Gasteiger partial charge in [0.15, 0.2) is 5.69 Å². The number of halogens is 1. The highest BCUT2D eigenvalue weighted by Crippen LogP contribution is 2.12. The van der Waals surface area contributed by atoms with Crippen molar-refractivity contribution in [3.8, 4) is 5.75 Å². The van der Waals surface area contributed by atoms with Crippen molar-refractivity contribution in [3.63, 3.8) is 0 Å². The molecule has 1 heterocycles. The van der Waals surface area contributed by atoms with Crippen LogP contribution in [0.3, 0.4) is 0 Å². The molecule has 0 radical (unpaired) electrons. The number of carbonyl (C=O) groups excluding carboxylic acids is 1. The number of nitrogens with zero attached hydrogens (tertiary/aromatic N) is 3. The summed E-state index contributed by atoms with van der Waals surface area (Å²) < 4.78 is 2.69. The third-order valence-corrected chi connectivity index (χ3v) is 3.87. The molecule has 0 aliphatic rings. The molecule has 0 saturated heterocycles. The molecule has 3 rings (SSSR count). The molecule has 3 aromatic rings. The van der Waals surface area contributed by atoms with Crippen molar-refractivity contribution >= 4 is 28.1 Å². The van der Waals surface area contributed by atoms with Gasteiger partial charge in [-0.1, -0.05) is 28.1 Å². The average molecular weight is 399 g/mol. The van der Waals surface area contributed by atoms with Gasteiger partial charge in [-0.2, -0.15) is 10.2 Å². The van der Waals surface area contributed by atoms with E-state index < -0.39 is 0 Å². The number of aromatic hydroxyl groups is 1. The number of hydrogen-bond donors (Lipinski definition) is 2. The van der Waals surface area contributed by atoms with Gasteiger partial charge in [-0.05, 0) is 53.6 Å². The molecule has 0 aliphatic heterocycles. The number of aromatic nitrogens is 2. The van der Waals surface area contributed by atoms with Gasteiger partial charge in [-0.15, -0.1) is 0 Å². The normalized spacial score (nSPS) is 10.9. The number of amides is 1. The summed E-state index contributed by atoms with van der Waals surface area (Å²) in [4.78, 5) is 12.1. The molecule has 0 unspecified atom stereocenters. The van der Waals surface area contributed by atoms with Crippen LogP contribution in [0.15, 0.2) is 70.4 Å². The second kappa shape index (κ2) is 7.76. The molecule has 126 valence electrons. The fourth-order valence-electron chi connectivity index (χ4n) is 2.18. The monoisotopic (exact) mass is 398 g/mol. The predicted molar refractivity (Wildman–Crippen MR) is 98.6 cm³/mol. The molecule has 0 bridgehead atoms. The largest absolute Gasteiger partial charge is 0.508 e. The second-order valence-electron chi connectivity index (χ2n) is 5.32. The number of phenols is 1. The lowest BCUT2D eigenvalue weighted by Gasteiger charge is -2.02. The first-order chi connectivity index (χ1) is 12.1. The fourth-order valence-corrected chi connectivity index (χ4v) is 2.62. The van der Waals surface area contributed by atoms with E-state index in [4.69, 9.17) is 0 Å². The molecule has 0 aliphatic carbocycles. The molecule has 1 aromatic heterocycles. The van der Waals surface area contributed by atoms with Crippen LogP contribution in [-0.2, 0) is 6.54 Å². The molecule has 7 heteroatoms. The van der Waals surface area contributed by atoms with Gasteiger partial charge in [0, 0.05) is 10.7 Å². The van der Waals surface area contributed by atoms with Gasteiger partial charge in [0.05, 0.1) is 12.8 Å². The minimum Gasteiger partial charge on any atom is -0.508 e. The first-order valence-electron chi connectivity index (χ1n) is 7.50. The zero-order valence-electron chi connectivity index (χ0n) is 13.1. The minimum atomic E-state index is -0.386. The smallest absolute Gasteiger partial charge is 0.291 e. The molecule has 2 aromatic carbocycles. The van der Waals surface area contributed by atoms with Crippen molar-refractivity contribution in [2.24, 2.45) is 5.10 Å². The molecule has 2 N–H and O–H groups in total. The van der Waals surface area contributed by atoms with Crippen LogP contribution in [0.4, 0.5) is 0 Å². The molecule has 6 nitrogen and oxygen atoms in total. The van der Waals surface area contributed by atoms with Crippen LogP contribution in [0.5, 0.6) is 5.75 Å². The van der Waals surface area contributed by atoms with Crippen molar-refractivity contribution < 1.29 is 9.90 Å². The van der Waals surface area contributed by atoms with Crippen LogP contribution in [0.25, 0.3) is 0 Å². The van der Waals surface area contributed by atoms with E-state index in [1.165, 1.54) is 6.21 Å². The van der Waals surface area contributed by atoms with Gasteiger partial charge >= 0.3 is 0 Å². The van der Waals surface area contributed by atoms with Crippen molar-refractivity contribution in [2.45, 2.75) is 6.54 Å². The van der Waals surface area contributed by atoms with Gasteiger partial charge in [-0.25, -0.2) is 5.43 Å². The Morgan fingerprint density at radius 2 is 2.04 bits per heavy atom. The fraction of sp³-hybridized carbons (Fsp3) is 0.0556. The van der Waals surface area contributed by atoms with E-state index in [0.717, 1.165) is 15.6 Å². The Morgan fingerprint density at radius 1 is 1.24 bits per heavy atom. The zero-order valence-corrected chi connectivity index (χ0v) is 14.7. The van der Waals surface area contributed by atoms with Crippen LogP contribution in [0, 0.1) is 0 Å². The van der Waals surface area contributed by atoms with Crippen molar-refractivity contribution in [1.29, 1.82) is 0 Å². The van der Waals surface area contributed by atoms with E-state index in [-0.39, 0.29) is 17.4 Å². The first kappa shape index (κ1) is 16.9. The number of hydrazone groups is 1. The number of benzene rings is 2. The summed E-state index contributed by atoms with van der Waals surface area (Å²) in [5, 5.41) is 17.4. The van der Waals surface area contributed by atoms with Gasteiger partial charge in [0.2, 0.25) is 0 Å². The maximum atomic E-state index is 12.1. The van der Waals surface area contributed by atoms with Gasteiger partial charge < -0.3 is 5.11 Å². The lowest BCUT2D eigenvalue weighted by molar-refractivity contribution is 0.0949. The molecule has 1 amide bonds. The predicted octanol–water partition coefficient (Wildman–Crippen LogP) is 3.16. The lowest BCUT2D eigenvalue weighted by atomic mass is 10.2. The highest BCUT2D eigenvalue weighted by atomic mass is 79.9. The van der Waals surface area contributed by atoms with E-state index >= 15 is 0 Å². The van der Waals surface area contributed by atoms with Gasteiger partial charge in [0.25, 0.3) is 5.91 Å². The number of phenolic OH excluding ortho intramolecular Hbond substituents is 1. The average Bonchev–Trinajstić information content (AvgIpc) is 3.05. The maximum absolute atomic E-state index is 12.1. The summed E-state index contributed by atoms with van der Waals surface area (Å²) in [5.41, 5.74) is 4.56. The van der Waals surface area contributed by atoms with Crippen LogP contribution in [0.1, 0.15) is 21.6 Å². The summed E-state index contributed by atoms with van der Waals surface area (Å²) in [5.74, 6) is -0.208. The summed E-state index contributed by atoms with van der Waals surface area (Å²) in [6.45, 7) is 0.573. The molecule has 0 atom stereocenters. The Bertz CT molecular complexity index is 903. The molecular weight excluding hydrogens is 384 g/mol. The molecule has 0 fully saturated rings. The Labute approximate surface area is 152 Å². The van der Waals surface area contributed by atoms with Crippen molar-refractivity contribution in [1.82, 2.24) is 15.2 Å². The number of hydrogen-bond acceptors (Lipinski definition) is 4. The Balaban J connectivity index is 1.59. The van der Waals surface area contributed by atoms with Crippen molar-refractivity contribution in [3.05, 3.63) is 82.1 Å². The summed E-state index contributed by atoms with van der Waals surface area (Å²) in [6, 6.07) is 16.0. The summed E-state index contributed by atoms with van der Waals surface area (Å²) >= 11 is 3.43. The SMILES string of the molecule is O=C(NN=Cc1ccc(O)cc1)c1ccn(Cc2cccc(Br)c2)n1. The topological polar surface area (TPSA) is 79.5 Å². The van der Waals surface area contributed by atoms with E-state index in [1.54, 1.807) is 41.2 Å². The van der Waals surface area contributed by atoms with E-state index in [2.05, 4.69) is 31.6 Å². The molecule has 0 saturated carbocycles. The van der Waals surface area contributed by atoms with E-state index in [9.17, 15) is 9.90 Å². The quantitative estimate of drug-likeness (QED) is 0.511. The number of nitrogens with one attached hydrogen (secondary N) is 1. The van der Waals surface area contributed by atoms with Crippen molar-refractivity contribution in [2.75, 3.05) is 0 Å². The van der Waals surface area contributed by atoms with Crippen LogP contribution in [-0.4, -0.2) is 27.0 Å². The van der Waals surface area contributed by atoms with Crippen LogP contribution < -0.4 is 5.43 Å². The molecule has 0 spiro atoms. The Kier molecular flexibility index (Phi) is 5.25. The number of carbonyl (C=O) groups is 1. The lowest BCUT2D eigenvalue weighted by Crippen LogP contribution is -2.18. The van der Waals surface area contributed by atoms with Crippen LogP contribution >= 0.6 is 15.9 Å². The maximum Gasteiger partial charge on any atom is 0.291 e. The second-order valence-corrected chi connectivity index (χ2v) is 6.23. The third kappa shape index (κ3) is 4.77. The standard InChI is InChI=1S/C18H15BrN4O2/c19-15-3-1-2-14(10-15)12-23-9-8-17(22-23)18(25)21-20-11-13-4-6-16(24)7-5-13/h1-11,24H,12H2,(H,21,25). The first-order valence-corrected chi connectivity index (χ1v) is 8.30. The minimum absolute atomic E-state index is 0.178. The van der Waals surface area contributed by atoms with Gasteiger partial charge in [-0.3, -0.25) is 9.48 Å². The van der Waals surface area contributed by atoms with E-state index in [1.807, 2.05) is 24.3 Å². The Morgan fingerprint density at radius 3 is 2.80 bits per heavy atom. The zero-order chi connectivity index (χ0) is 17.6. The van der Waals surface area contributed by atoms with Crippen LogP contribution in [0.2, 0.25) is 0 Å². The Hall–Kier alpha value is -2.93. The molecule has 25 heavy (non-hydrogen) atoms. The summed E-state index contributed by atoms with van der Waals surface area (Å²) in [7, 11) is 0. The molecular formula is C18H15BrN4O2. The third-order valence-electron chi connectivity index (χ3n) is 3.38. The summed E-state index contributed by atoms with van der Waals surface area (Å²) in [6.07, 6.45) is 3.25. The van der Waals surface area contributed by atoms with E-state index in [0.29, 0.717) is 6.54 Å². The van der Waals surface area contributed by atoms with Gasteiger partial charge in [0.1, 0.15) is 5.75 Å².